The van der Waals surface area contributed by atoms with Crippen LogP contribution < -0.4 is 19.9 Å². The average Bonchev–Trinajstić information content (AvgIpc) is 2.80. The summed E-state index contributed by atoms with van der Waals surface area (Å²) in [5.41, 5.74) is 1.76. The number of nitrogens with one attached hydrogen (secondary N) is 1. The molecule has 2 aliphatic heterocycles. The first kappa shape index (κ1) is 21.1. The fourth-order valence-corrected chi connectivity index (χ4v) is 4.11. The first-order valence-electron chi connectivity index (χ1n) is 11.0. The Morgan fingerprint density at radius 3 is 2.77 bits per heavy atom. The summed E-state index contributed by atoms with van der Waals surface area (Å²) in [7, 11) is 0. The van der Waals surface area contributed by atoms with Crippen LogP contribution >= 0.6 is 0 Å². The molecule has 2 amide bonds. The summed E-state index contributed by atoms with van der Waals surface area (Å²) in [6, 6.07) is 9.63. The van der Waals surface area contributed by atoms with E-state index in [1.807, 2.05) is 30.3 Å². The zero-order valence-electron chi connectivity index (χ0n) is 18.1. The molecular formula is C23H29N5O3. The number of carbonyl (C=O) groups is 2. The molecule has 0 radical (unpaired) electrons. The Morgan fingerprint density at radius 1 is 1.23 bits per heavy atom. The van der Waals surface area contributed by atoms with Crippen molar-refractivity contribution in [2.45, 2.75) is 51.7 Å². The highest BCUT2D eigenvalue weighted by Gasteiger charge is 2.31. The van der Waals surface area contributed by atoms with Gasteiger partial charge in [0.2, 0.25) is 5.91 Å². The van der Waals surface area contributed by atoms with Crippen molar-refractivity contribution >= 4 is 23.3 Å². The molecule has 0 bridgehead atoms. The van der Waals surface area contributed by atoms with Crippen LogP contribution in [0.25, 0.3) is 0 Å². The molecule has 1 fully saturated rings. The largest absolute Gasteiger partial charge is 0.479 e. The Kier molecular flexibility index (Phi) is 6.34. The Balaban J connectivity index is 1.28. The molecule has 1 N–H and O–H groups in total. The molecule has 1 unspecified atom stereocenters. The highest BCUT2D eigenvalue weighted by molar-refractivity contribution is 6.00. The van der Waals surface area contributed by atoms with Crippen molar-refractivity contribution in [3.8, 4) is 5.75 Å². The smallest absolute Gasteiger partial charge is 0.267 e. The number of nitrogens with zero attached hydrogens (tertiary/aromatic N) is 4. The molecular weight excluding hydrogens is 394 g/mol. The third-order valence-electron chi connectivity index (χ3n) is 5.89. The Labute approximate surface area is 182 Å². The van der Waals surface area contributed by atoms with Crippen LogP contribution in [0.1, 0.15) is 38.8 Å². The van der Waals surface area contributed by atoms with Gasteiger partial charge in [0, 0.05) is 43.9 Å². The van der Waals surface area contributed by atoms with Crippen molar-refractivity contribution in [1.82, 2.24) is 15.3 Å². The number of fused-ring (bicyclic) bond motifs is 1. The SMILES string of the molecule is CCc1cc(N2CCC(NC(=O)CCN3C(=O)C(C)Oc4ccccc43)CC2)ncn1. The molecule has 1 atom stereocenters. The second-order valence-corrected chi connectivity index (χ2v) is 8.02. The molecule has 4 rings (SSSR count). The molecule has 2 aliphatic rings. The zero-order valence-corrected chi connectivity index (χ0v) is 18.1. The Bertz CT molecular complexity index is 942. The highest BCUT2D eigenvalue weighted by atomic mass is 16.5. The minimum atomic E-state index is -0.544. The van der Waals surface area contributed by atoms with Gasteiger partial charge in [-0.25, -0.2) is 9.97 Å². The maximum atomic E-state index is 12.6. The lowest BCUT2D eigenvalue weighted by Crippen LogP contribution is -2.47. The summed E-state index contributed by atoms with van der Waals surface area (Å²) in [5, 5.41) is 3.14. The molecule has 3 heterocycles. The number of amides is 2. The molecule has 2 aromatic rings. The Hall–Kier alpha value is -3.16. The van der Waals surface area contributed by atoms with Gasteiger partial charge in [0.1, 0.15) is 17.9 Å². The number of benzene rings is 1. The number of carbonyl (C=O) groups excluding carboxylic acids is 2. The minimum Gasteiger partial charge on any atom is -0.479 e. The lowest BCUT2D eigenvalue weighted by Gasteiger charge is -2.34. The maximum absolute atomic E-state index is 12.6. The molecule has 8 nitrogen and oxygen atoms in total. The number of piperidine rings is 1. The first-order chi connectivity index (χ1) is 15.0. The number of hydrogen-bond acceptors (Lipinski definition) is 6. The van der Waals surface area contributed by atoms with Gasteiger partial charge in [0.25, 0.3) is 5.91 Å². The lowest BCUT2D eigenvalue weighted by molar-refractivity contribution is -0.125. The molecule has 164 valence electrons. The van der Waals surface area contributed by atoms with Gasteiger partial charge in [-0.3, -0.25) is 9.59 Å². The molecule has 1 saturated heterocycles. The first-order valence-corrected chi connectivity index (χ1v) is 11.0. The van der Waals surface area contributed by atoms with E-state index < -0.39 is 6.10 Å². The van der Waals surface area contributed by atoms with E-state index in [4.69, 9.17) is 4.74 Å². The molecule has 31 heavy (non-hydrogen) atoms. The van der Waals surface area contributed by atoms with E-state index in [9.17, 15) is 9.59 Å². The van der Waals surface area contributed by atoms with E-state index in [0.29, 0.717) is 12.3 Å². The van der Waals surface area contributed by atoms with E-state index in [1.54, 1.807) is 18.2 Å². The molecule has 0 saturated carbocycles. The summed E-state index contributed by atoms with van der Waals surface area (Å²) in [6.45, 7) is 5.85. The van der Waals surface area contributed by atoms with Crippen molar-refractivity contribution in [3.05, 3.63) is 42.4 Å². The van der Waals surface area contributed by atoms with Crippen LogP contribution in [0.4, 0.5) is 11.5 Å². The number of para-hydroxylation sites is 2. The second kappa shape index (κ2) is 9.32. The van der Waals surface area contributed by atoms with E-state index in [-0.39, 0.29) is 24.3 Å². The predicted molar refractivity (Wildman–Crippen MR) is 118 cm³/mol. The predicted octanol–water partition coefficient (Wildman–Crippen LogP) is 2.33. The third-order valence-corrected chi connectivity index (χ3v) is 5.89. The van der Waals surface area contributed by atoms with Crippen molar-refractivity contribution in [1.29, 1.82) is 0 Å². The fraction of sp³-hybridized carbons (Fsp3) is 0.478. The summed E-state index contributed by atoms with van der Waals surface area (Å²) in [5.74, 6) is 1.49. The van der Waals surface area contributed by atoms with Crippen molar-refractivity contribution in [2.75, 3.05) is 29.4 Å². The molecule has 8 heteroatoms. The summed E-state index contributed by atoms with van der Waals surface area (Å²) in [6.07, 6.45) is 3.96. The van der Waals surface area contributed by atoms with E-state index in [0.717, 1.165) is 49.6 Å². The Morgan fingerprint density at radius 2 is 2.00 bits per heavy atom. The van der Waals surface area contributed by atoms with Crippen LogP contribution in [-0.4, -0.2) is 53.6 Å². The quantitative estimate of drug-likeness (QED) is 0.767. The van der Waals surface area contributed by atoms with Gasteiger partial charge in [-0.15, -0.1) is 0 Å². The number of rotatable bonds is 6. The standard InChI is InChI=1S/C23H29N5O3/c1-3-17-14-21(25-15-24-17)27-11-8-18(9-12-27)26-22(29)10-13-28-19-6-4-5-7-20(19)31-16(2)23(28)30/h4-7,14-16,18H,3,8-13H2,1-2H3,(H,26,29). The molecule has 1 aromatic carbocycles. The van der Waals surface area contributed by atoms with Crippen LogP contribution in [0.5, 0.6) is 5.75 Å². The third kappa shape index (κ3) is 4.78. The number of anilines is 2. The van der Waals surface area contributed by atoms with Gasteiger partial charge in [-0.05, 0) is 38.3 Å². The van der Waals surface area contributed by atoms with Crippen LogP contribution in [0.2, 0.25) is 0 Å². The monoisotopic (exact) mass is 423 g/mol. The normalized spacial score (nSPS) is 19.0. The lowest BCUT2D eigenvalue weighted by atomic mass is 10.0. The van der Waals surface area contributed by atoms with Crippen molar-refractivity contribution in [3.63, 3.8) is 0 Å². The average molecular weight is 424 g/mol. The topological polar surface area (TPSA) is 87.7 Å². The van der Waals surface area contributed by atoms with Gasteiger partial charge in [-0.1, -0.05) is 19.1 Å². The van der Waals surface area contributed by atoms with Gasteiger partial charge >= 0.3 is 0 Å². The summed E-state index contributed by atoms with van der Waals surface area (Å²) < 4.78 is 5.66. The van der Waals surface area contributed by atoms with Crippen molar-refractivity contribution < 1.29 is 14.3 Å². The molecule has 0 spiro atoms. The van der Waals surface area contributed by atoms with Gasteiger partial charge in [-0.2, -0.15) is 0 Å². The van der Waals surface area contributed by atoms with E-state index in [2.05, 4.69) is 27.1 Å². The minimum absolute atomic E-state index is 0.0295. The van der Waals surface area contributed by atoms with Crippen LogP contribution in [0.15, 0.2) is 36.7 Å². The molecule has 0 aliphatic carbocycles. The van der Waals surface area contributed by atoms with E-state index >= 15 is 0 Å². The zero-order chi connectivity index (χ0) is 21.8. The summed E-state index contributed by atoms with van der Waals surface area (Å²) >= 11 is 0. The van der Waals surface area contributed by atoms with Crippen LogP contribution in [0, 0.1) is 0 Å². The summed E-state index contributed by atoms with van der Waals surface area (Å²) in [4.78, 5) is 37.7. The van der Waals surface area contributed by atoms with Crippen LogP contribution in [0.3, 0.4) is 0 Å². The van der Waals surface area contributed by atoms with Gasteiger partial charge in [0.15, 0.2) is 6.10 Å². The fourth-order valence-electron chi connectivity index (χ4n) is 4.11. The van der Waals surface area contributed by atoms with E-state index in [1.165, 1.54) is 0 Å². The van der Waals surface area contributed by atoms with Gasteiger partial charge in [0.05, 0.1) is 5.69 Å². The number of hydrogen-bond donors (Lipinski definition) is 1. The number of aromatic nitrogens is 2. The maximum Gasteiger partial charge on any atom is 0.267 e. The number of aryl methyl sites for hydroxylation is 1. The second-order valence-electron chi connectivity index (χ2n) is 8.02. The van der Waals surface area contributed by atoms with Crippen LogP contribution in [-0.2, 0) is 16.0 Å². The van der Waals surface area contributed by atoms with Crippen molar-refractivity contribution in [2.24, 2.45) is 0 Å². The number of ether oxygens (including phenoxy) is 1. The van der Waals surface area contributed by atoms with Gasteiger partial charge < -0.3 is 19.9 Å². The highest BCUT2D eigenvalue weighted by Crippen LogP contribution is 2.33. The molecule has 1 aromatic heterocycles.